The molecule has 1 aromatic heterocycles. The first-order chi connectivity index (χ1) is 10.8. The summed E-state index contributed by atoms with van der Waals surface area (Å²) in [7, 11) is -0.943. The summed E-state index contributed by atoms with van der Waals surface area (Å²) in [5.41, 5.74) is 0.314. The fourth-order valence-electron chi connectivity index (χ4n) is 2.33. The number of hydrogen-bond donors (Lipinski definition) is 1. The summed E-state index contributed by atoms with van der Waals surface area (Å²) < 4.78 is 0. The van der Waals surface area contributed by atoms with Crippen molar-refractivity contribution in [2.45, 2.75) is 0 Å². The number of carboxylic acid groups (broad SMARTS) is 1. The Bertz CT molecular complexity index is 736. The Kier molecular flexibility index (Phi) is 4.27. The summed E-state index contributed by atoms with van der Waals surface area (Å²) in [4.78, 5) is 15.7. The van der Waals surface area contributed by atoms with E-state index < -0.39 is 13.9 Å². The van der Waals surface area contributed by atoms with Crippen LogP contribution in [0.4, 0.5) is 0 Å². The first kappa shape index (κ1) is 14.4. The Morgan fingerprint density at radius 2 is 1.41 bits per heavy atom. The van der Waals surface area contributed by atoms with Crippen LogP contribution in [0.15, 0.2) is 79.1 Å². The number of benzene rings is 2. The molecule has 0 saturated carbocycles. The van der Waals surface area contributed by atoms with Crippen LogP contribution in [0.5, 0.6) is 0 Å². The normalized spacial score (nSPS) is 10.6. The first-order valence-corrected chi connectivity index (χ1v) is 8.19. The number of rotatable bonds is 4. The van der Waals surface area contributed by atoms with Crippen LogP contribution in [-0.2, 0) is 0 Å². The average molecular weight is 307 g/mol. The Balaban J connectivity index is 2.21. The van der Waals surface area contributed by atoms with Crippen molar-refractivity contribution in [1.29, 1.82) is 0 Å². The van der Waals surface area contributed by atoms with Crippen LogP contribution in [0.3, 0.4) is 0 Å². The van der Waals surface area contributed by atoms with Gasteiger partial charge >= 0.3 is 5.97 Å². The van der Waals surface area contributed by atoms with Crippen molar-refractivity contribution < 1.29 is 9.90 Å². The second-order valence-corrected chi connectivity index (χ2v) is 6.89. The van der Waals surface area contributed by atoms with E-state index in [1.54, 1.807) is 12.3 Å². The molecule has 0 fully saturated rings. The maximum absolute atomic E-state index is 11.6. The molecule has 1 N–H and O–H groups in total. The van der Waals surface area contributed by atoms with E-state index in [0.29, 0.717) is 5.56 Å². The minimum absolute atomic E-state index is 0.314. The molecule has 22 heavy (non-hydrogen) atoms. The number of hydrogen-bond acceptors (Lipinski definition) is 2. The van der Waals surface area contributed by atoms with Gasteiger partial charge < -0.3 is 5.11 Å². The van der Waals surface area contributed by atoms with Crippen molar-refractivity contribution in [3.8, 4) is 0 Å². The molecule has 108 valence electrons. The minimum Gasteiger partial charge on any atom is -0.478 e. The van der Waals surface area contributed by atoms with E-state index in [1.165, 1.54) is 6.20 Å². The van der Waals surface area contributed by atoms with Gasteiger partial charge in [0.2, 0.25) is 0 Å². The Morgan fingerprint density at radius 1 is 0.864 bits per heavy atom. The van der Waals surface area contributed by atoms with Crippen LogP contribution in [-0.4, -0.2) is 16.1 Å². The number of carboxylic acids is 1. The van der Waals surface area contributed by atoms with E-state index in [4.69, 9.17) is 0 Å². The molecule has 0 bridgehead atoms. The van der Waals surface area contributed by atoms with Crippen LogP contribution in [0.1, 0.15) is 10.4 Å². The lowest BCUT2D eigenvalue weighted by molar-refractivity contribution is 0.0698. The standard InChI is InChI=1S/C18H14NO2P/c20-18(21)16-11-12-19-13-17(16)22(14-7-3-1-4-8-14)15-9-5-2-6-10-15/h1-13H,(H,20,21). The van der Waals surface area contributed by atoms with Crippen molar-refractivity contribution >= 4 is 29.8 Å². The Morgan fingerprint density at radius 3 is 1.91 bits per heavy atom. The minimum atomic E-state index is -0.943. The van der Waals surface area contributed by atoms with E-state index in [1.807, 2.05) is 60.7 Å². The van der Waals surface area contributed by atoms with Crippen molar-refractivity contribution in [2.24, 2.45) is 0 Å². The fourth-order valence-corrected chi connectivity index (χ4v) is 4.71. The van der Waals surface area contributed by atoms with Gasteiger partial charge in [0.25, 0.3) is 0 Å². The molecule has 1 heterocycles. The number of nitrogens with zero attached hydrogens (tertiary/aromatic N) is 1. The van der Waals surface area contributed by atoms with Gasteiger partial charge in [0.05, 0.1) is 5.56 Å². The predicted molar refractivity (Wildman–Crippen MR) is 89.9 cm³/mol. The maximum atomic E-state index is 11.6. The van der Waals surface area contributed by atoms with Gasteiger partial charge in [-0.15, -0.1) is 0 Å². The molecule has 0 spiro atoms. The molecule has 0 saturated heterocycles. The lowest BCUT2D eigenvalue weighted by atomic mass is 10.3. The molecule has 0 aliphatic rings. The lowest BCUT2D eigenvalue weighted by Crippen LogP contribution is -2.25. The van der Waals surface area contributed by atoms with Gasteiger partial charge in [0, 0.05) is 17.7 Å². The maximum Gasteiger partial charge on any atom is 0.336 e. The second kappa shape index (κ2) is 6.50. The van der Waals surface area contributed by atoms with E-state index in [2.05, 4.69) is 4.98 Å². The van der Waals surface area contributed by atoms with Crippen LogP contribution >= 0.6 is 7.92 Å². The van der Waals surface area contributed by atoms with Crippen molar-refractivity contribution in [2.75, 3.05) is 0 Å². The molecular formula is C18H14NO2P. The van der Waals surface area contributed by atoms with Gasteiger partial charge in [-0.25, -0.2) is 4.79 Å². The molecule has 2 aromatic carbocycles. The molecule has 0 unspecified atom stereocenters. The summed E-state index contributed by atoms with van der Waals surface area (Å²) >= 11 is 0. The zero-order valence-electron chi connectivity index (χ0n) is 11.8. The summed E-state index contributed by atoms with van der Waals surface area (Å²) in [5.74, 6) is -0.920. The quantitative estimate of drug-likeness (QED) is 0.754. The molecule has 3 rings (SSSR count). The molecular weight excluding hydrogens is 293 g/mol. The Labute approximate surface area is 130 Å². The van der Waals surface area contributed by atoms with E-state index >= 15 is 0 Å². The fraction of sp³-hybridized carbons (Fsp3) is 0. The van der Waals surface area contributed by atoms with Crippen LogP contribution < -0.4 is 15.9 Å². The number of pyridine rings is 1. The highest BCUT2D eigenvalue weighted by Crippen LogP contribution is 2.33. The highest BCUT2D eigenvalue weighted by atomic mass is 31.1. The predicted octanol–water partition coefficient (Wildman–Crippen LogP) is 2.54. The number of aromatic carboxylic acids is 1. The van der Waals surface area contributed by atoms with E-state index in [9.17, 15) is 9.90 Å². The summed E-state index contributed by atoms with van der Waals surface area (Å²) in [6.45, 7) is 0. The molecule has 3 aromatic rings. The smallest absolute Gasteiger partial charge is 0.336 e. The van der Waals surface area contributed by atoms with Gasteiger partial charge in [0.15, 0.2) is 0 Å². The molecule has 4 heteroatoms. The summed E-state index contributed by atoms with van der Waals surface area (Å²) in [5, 5.41) is 12.5. The molecule has 0 aliphatic heterocycles. The van der Waals surface area contributed by atoms with Gasteiger partial charge in [0.1, 0.15) is 0 Å². The Hall–Kier alpha value is -2.51. The monoisotopic (exact) mass is 307 g/mol. The third kappa shape index (κ3) is 2.90. The highest BCUT2D eigenvalue weighted by molar-refractivity contribution is 7.80. The zero-order valence-corrected chi connectivity index (χ0v) is 12.6. The van der Waals surface area contributed by atoms with Gasteiger partial charge in [-0.1, -0.05) is 60.7 Å². The van der Waals surface area contributed by atoms with Crippen molar-refractivity contribution in [1.82, 2.24) is 4.98 Å². The van der Waals surface area contributed by atoms with Crippen LogP contribution in [0.2, 0.25) is 0 Å². The van der Waals surface area contributed by atoms with Gasteiger partial charge in [-0.05, 0) is 24.6 Å². The van der Waals surface area contributed by atoms with E-state index in [0.717, 1.165) is 15.9 Å². The SMILES string of the molecule is O=C(O)c1ccncc1P(c1ccccc1)c1ccccc1. The molecule has 0 radical (unpaired) electrons. The average Bonchev–Trinajstić information content (AvgIpc) is 2.57. The van der Waals surface area contributed by atoms with E-state index in [-0.39, 0.29) is 0 Å². The van der Waals surface area contributed by atoms with Crippen molar-refractivity contribution in [3.05, 3.63) is 84.7 Å². The summed E-state index contributed by atoms with van der Waals surface area (Å²) in [6.07, 6.45) is 3.20. The number of aromatic nitrogens is 1. The molecule has 0 aliphatic carbocycles. The summed E-state index contributed by atoms with van der Waals surface area (Å²) in [6, 6.07) is 21.6. The lowest BCUT2D eigenvalue weighted by Gasteiger charge is -2.20. The molecule has 0 atom stereocenters. The van der Waals surface area contributed by atoms with Gasteiger partial charge in [-0.3, -0.25) is 4.98 Å². The largest absolute Gasteiger partial charge is 0.478 e. The third-order valence-electron chi connectivity index (χ3n) is 3.30. The first-order valence-electron chi connectivity index (χ1n) is 6.85. The number of carbonyl (C=O) groups is 1. The van der Waals surface area contributed by atoms with Crippen LogP contribution in [0, 0.1) is 0 Å². The van der Waals surface area contributed by atoms with Crippen LogP contribution in [0.25, 0.3) is 0 Å². The second-order valence-electron chi connectivity index (χ2n) is 4.70. The molecule has 3 nitrogen and oxygen atoms in total. The highest BCUT2D eigenvalue weighted by Gasteiger charge is 2.22. The topological polar surface area (TPSA) is 50.2 Å². The zero-order chi connectivity index (χ0) is 15.4. The van der Waals surface area contributed by atoms with Gasteiger partial charge in [-0.2, -0.15) is 0 Å². The third-order valence-corrected chi connectivity index (χ3v) is 5.77. The van der Waals surface area contributed by atoms with Crippen molar-refractivity contribution in [3.63, 3.8) is 0 Å². The molecule has 0 amide bonds.